The average Bonchev–Trinajstić information content (AvgIpc) is 3.23. The third kappa shape index (κ3) is 4.44. The van der Waals surface area contributed by atoms with E-state index in [1.54, 1.807) is 0 Å². The van der Waals surface area contributed by atoms with Crippen LogP contribution in [0.2, 0.25) is 0 Å². The first-order valence-electron chi connectivity index (χ1n) is 8.74. The zero-order valence-corrected chi connectivity index (χ0v) is 13.6. The van der Waals surface area contributed by atoms with Crippen LogP contribution in [0, 0.1) is 17.8 Å². The smallest absolute Gasteiger partial charge is 0.0558 e. The van der Waals surface area contributed by atoms with Crippen LogP contribution in [0.25, 0.3) is 0 Å². The van der Waals surface area contributed by atoms with Crippen molar-refractivity contribution in [1.82, 2.24) is 10.2 Å². The minimum absolute atomic E-state index is 0.307. The molecule has 0 amide bonds. The van der Waals surface area contributed by atoms with Gasteiger partial charge < -0.3 is 10.4 Å². The van der Waals surface area contributed by atoms with Crippen molar-refractivity contribution in [1.29, 1.82) is 0 Å². The molecule has 2 aliphatic rings. The van der Waals surface area contributed by atoms with Crippen molar-refractivity contribution >= 4 is 0 Å². The second-order valence-electron chi connectivity index (χ2n) is 7.23. The lowest BCUT2D eigenvalue weighted by Gasteiger charge is -2.42. The molecular formula is C17H34N2O. The van der Waals surface area contributed by atoms with Crippen molar-refractivity contribution in [3.05, 3.63) is 0 Å². The van der Waals surface area contributed by atoms with Crippen molar-refractivity contribution in [3.63, 3.8) is 0 Å². The second kappa shape index (κ2) is 7.77. The largest absolute Gasteiger partial charge is 0.395 e. The molecule has 2 saturated carbocycles. The lowest BCUT2D eigenvalue weighted by Crippen LogP contribution is -2.50. The van der Waals surface area contributed by atoms with Crippen molar-refractivity contribution in [2.45, 2.75) is 65.0 Å². The summed E-state index contributed by atoms with van der Waals surface area (Å²) in [5.74, 6) is 2.40. The van der Waals surface area contributed by atoms with E-state index < -0.39 is 0 Å². The van der Waals surface area contributed by atoms with E-state index in [-0.39, 0.29) is 0 Å². The Morgan fingerprint density at radius 1 is 1.20 bits per heavy atom. The van der Waals surface area contributed by atoms with Gasteiger partial charge in [-0.25, -0.2) is 0 Å². The van der Waals surface area contributed by atoms with E-state index in [1.807, 2.05) is 0 Å². The molecule has 0 aromatic carbocycles. The van der Waals surface area contributed by atoms with E-state index in [0.29, 0.717) is 12.6 Å². The summed E-state index contributed by atoms with van der Waals surface area (Å²) < 4.78 is 0. The summed E-state index contributed by atoms with van der Waals surface area (Å²) in [6, 6.07) is 1.44. The quantitative estimate of drug-likeness (QED) is 0.718. The molecule has 4 unspecified atom stereocenters. The molecule has 2 rings (SSSR count). The number of nitrogens with one attached hydrogen (secondary N) is 1. The molecule has 3 heteroatoms. The van der Waals surface area contributed by atoms with Crippen LogP contribution in [-0.2, 0) is 0 Å². The maximum atomic E-state index is 9.30. The fourth-order valence-electron chi connectivity index (χ4n) is 4.04. The molecule has 118 valence electrons. The number of aliphatic hydroxyl groups excluding tert-OH is 1. The van der Waals surface area contributed by atoms with Gasteiger partial charge in [0.1, 0.15) is 0 Å². The summed E-state index contributed by atoms with van der Waals surface area (Å²) in [4.78, 5) is 2.55. The van der Waals surface area contributed by atoms with Gasteiger partial charge in [0.15, 0.2) is 0 Å². The fourth-order valence-corrected chi connectivity index (χ4v) is 4.04. The van der Waals surface area contributed by atoms with Crippen LogP contribution in [0.3, 0.4) is 0 Å². The van der Waals surface area contributed by atoms with E-state index in [2.05, 4.69) is 31.0 Å². The topological polar surface area (TPSA) is 35.5 Å². The highest BCUT2D eigenvalue weighted by atomic mass is 16.3. The zero-order chi connectivity index (χ0) is 14.5. The van der Waals surface area contributed by atoms with Crippen LogP contribution in [0.15, 0.2) is 0 Å². The number of rotatable bonds is 8. The van der Waals surface area contributed by atoms with Gasteiger partial charge in [0.2, 0.25) is 0 Å². The Labute approximate surface area is 125 Å². The van der Waals surface area contributed by atoms with Gasteiger partial charge in [0, 0.05) is 25.2 Å². The highest BCUT2D eigenvalue weighted by Gasteiger charge is 2.37. The molecule has 2 fully saturated rings. The highest BCUT2D eigenvalue weighted by molar-refractivity contribution is 4.92. The monoisotopic (exact) mass is 282 g/mol. The van der Waals surface area contributed by atoms with Gasteiger partial charge in [0.25, 0.3) is 0 Å². The summed E-state index contributed by atoms with van der Waals surface area (Å²) >= 11 is 0. The number of hydrogen-bond donors (Lipinski definition) is 2. The first-order valence-corrected chi connectivity index (χ1v) is 8.74. The summed E-state index contributed by atoms with van der Waals surface area (Å²) in [6.07, 6.45) is 6.59. The number of aliphatic hydroxyl groups is 1. The van der Waals surface area contributed by atoms with Crippen molar-refractivity contribution < 1.29 is 5.11 Å². The van der Waals surface area contributed by atoms with Gasteiger partial charge >= 0.3 is 0 Å². The molecule has 0 spiro atoms. The third-order valence-corrected chi connectivity index (χ3v) is 5.23. The predicted molar refractivity (Wildman–Crippen MR) is 84.8 cm³/mol. The minimum atomic E-state index is 0.307. The Morgan fingerprint density at radius 3 is 2.55 bits per heavy atom. The number of nitrogens with zero attached hydrogens (tertiary/aromatic N) is 1. The molecule has 0 bridgehead atoms. The van der Waals surface area contributed by atoms with Crippen molar-refractivity contribution in [3.8, 4) is 0 Å². The molecule has 0 heterocycles. The third-order valence-electron chi connectivity index (χ3n) is 5.23. The SMILES string of the molecule is CCCNC1CC(C)CC(C)C1CN(CCO)C1CC1. The normalized spacial score (nSPS) is 34.6. The fraction of sp³-hybridized carbons (Fsp3) is 1.00. The molecule has 0 aromatic rings. The molecule has 0 aliphatic heterocycles. The molecule has 2 N–H and O–H groups in total. The maximum absolute atomic E-state index is 9.30. The Bertz CT molecular complexity index is 280. The second-order valence-corrected chi connectivity index (χ2v) is 7.23. The van der Waals surface area contributed by atoms with Gasteiger partial charge in [-0.15, -0.1) is 0 Å². The van der Waals surface area contributed by atoms with E-state index in [0.717, 1.165) is 36.9 Å². The average molecular weight is 282 g/mol. The molecule has 0 radical (unpaired) electrons. The molecule has 4 atom stereocenters. The molecule has 0 aromatic heterocycles. The molecule has 0 saturated heterocycles. The van der Waals surface area contributed by atoms with Crippen LogP contribution >= 0.6 is 0 Å². The van der Waals surface area contributed by atoms with E-state index >= 15 is 0 Å². The summed E-state index contributed by atoms with van der Waals surface area (Å²) in [6.45, 7) is 10.6. The summed E-state index contributed by atoms with van der Waals surface area (Å²) in [5.41, 5.74) is 0. The van der Waals surface area contributed by atoms with Crippen LogP contribution in [-0.4, -0.2) is 48.3 Å². The Balaban J connectivity index is 1.95. The van der Waals surface area contributed by atoms with Gasteiger partial charge in [-0.2, -0.15) is 0 Å². The molecular weight excluding hydrogens is 248 g/mol. The number of hydrogen-bond acceptors (Lipinski definition) is 3. The molecule has 20 heavy (non-hydrogen) atoms. The van der Waals surface area contributed by atoms with Gasteiger partial charge in [0.05, 0.1) is 6.61 Å². The Kier molecular flexibility index (Phi) is 6.31. The zero-order valence-electron chi connectivity index (χ0n) is 13.6. The van der Waals surface area contributed by atoms with Crippen LogP contribution in [0.4, 0.5) is 0 Å². The van der Waals surface area contributed by atoms with Crippen LogP contribution < -0.4 is 5.32 Å². The van der Waals surface area contributed by atoms with Crippen LogP contribution in [0.1, 0.15) is 52.9 Å². The Morgan fingerprint density at radius 2 is 1.95 bits per heavy atom. The molecule has 2 aliphatic carbocycles. The van der Waals surface area contributed by atoms with Gasteiger partial charge in [-0.05, 0) is 56.4 Å². The van der Waals surface area contributed by atoms with Crippen molar-refractivity contribution in [2.24, 2.45) is 17.8 Å². The first kappa shape index (κ1) is 16.3. The Hall–Kier alpha value is -0.120. The summed E-state index contributed by atoms with van der Waals surface area (Å²) in [7, 11) is 0. The van der Waals surface area contributed by atoms with E-state index in [9.17, 15) is 5.11 Å². The van der Waals surface area contributed by atoms with E-state index in [4.69, 9.17) is 0 Å². The molecule has 3 nitrogen and oxygen atoms in total. The highest BCUT2D eigenvalue weighted by Crippen LogP contribution is 2.36. The van der Waals surface area contributed by atoms with Gasteiger partial charge in [-0.1, -0.05) is 20.8 Å². The minimum Gasteiger partial charge on any atom is -0.395 e. The van der Waals surface area contributed by atoms with Crippen molar-refractivity contribution in [2.75, 3.05) is 26.2 Å². The maximum Gasteiger partial charge on any atom is 0.0558 e. The standard InChI is InChI=1S/C17H34N2O/c1-4-7-18-17-11-13(2)10-14(3)16(17)12-19(8-9-20)15-5-6-15/h13-18,20H,4-12H2,1-3H3. The summed E-state index contributed by atoms with van der Waals surface area (Å²) in [5, 5.41) is 13.1. The van der Waals surface area contributed by atoms with Crippen LogP contribution in [0.5, 0.6) is 0 Å². The first-order chi connectivity index (χ1) is 9.65. The van der Waals surface area contributed by atoms with E-state index in [1.165, 1.54) is 38.6 Å². The predicted octanol–water partition coefficient (Wildman–Crippen LogP) is 2.49. The lowest BCUT2D eigenvalue weighted by molar-refractivity contribution is 0.0870. The van der Waals surface area contributed by atoms with Gasteiger partial charge in [-0.3, -0.25) is 4.90 Å². The lowest BCUT2D eigenvalue weighted by atomic mass is 9.72.